The van der Waals surface area contributed by atoms with E-state index in [2.05, 4.69) is 11.4 Å². The van der Waals surface area contributed by atoms with Gasteiger partial charge in [0.2, 0.25) is 6.79 Å². The summed E-state index contributed by atoms with van der Waals surface area (Å²) >= 11 is 0. The highest BCUT2D eigenvalue weighted by atomic mass is 16.7. The smallest absolute Gasteiger partial charge is 0.310 e. The number of benzene rings is 2. The quantitative estimate of drug-likeness (QED) is 0.597. The van der Waals surface area contributed by atoms with Crippen LogP contribution in [0.1, 0.15) is 40.4 Å². The number of fused-ring (bicyclic) bond motifs is 2. The minimum Gasteiger partial charge on any atom is -0.455 e. The Morgan fingerprint density at radius 2 is 1.79 bits per heavy atom. The maximum absolute atomic E-state index is 12.2. The maximum Gasteiger partial charge on any atom is 0.310 e. The number of esters is 1. The molecule has 2 aromatic rings. The molecule has 7 heteroatoms. The summed E-state index contributed by atoms with van der Waals surface area (Å²) in [6.45, 7) is 1.02. The second-order valence-corrected chi connectivity index (χ2v) is 7.15. The van der Waals surface area contributed by atoms with Crippen LogP contribution in [0.5, 0.6) is 11.5 Å². The molecule has 1 N–H and O–H groups in total. The van der Waals surface area contributed by atoms with Gasteiger partial charge in [-0.1, -0.05) is 18.2 Å². The van der Waals surface area contributed by atoms with Crippen LogP contribution in [0.15, 0.2) is 30.3 Å². The molecule has 0 aromatic heterocycles. The van der Waals surface area contributed by atoms with E-state index in [4.69, 9.17) is 14.2 Å². The molecule has 2 aromatic carbocycles. The topological polar surface area (TPSA) is 90.9 Å². The van der Waals surface area contributed by atoms with E-state index in [0.29, 0.717) is 22.7 Å². The second kappa shape index (κ2) is 7.95. The SMILES string of the molecule is CC(=O)c1cc2c(cc1NC(=O)COC(=O)Cc1ccc3c(c1)CCC3)OCO2. The van der Waals surface area contributed by atoms with Gasteiger partial charge >= 0.3 is 5.97 Å². The first kappa shape index (κ1) is 19.0. The van der Waals surface area contributed by atoms with Crippen molar-refractivity contribution in [1.82, 2.24) is 0 Å². The lowest BCUT2D eigenvalue weighted by Gasteiger charge is -2.11. The first-order valence-electron chi connectivity index (χ1n) is 9.50. The van der Waals surface area contributed by atoms with E-state index >= 15 is 0 Å². The van der Waals surface area contributed by atoms with Crippen LogP contribution >= 0.6 is 0 Å². The van der Waals surface area contributed by atoms with Crippen molar-refractivity contribution in [2.75, 3.05) is 18.7 Å². The number of hydrogen-bond donors (Lipinski definition) is 1. The molecule has 0 bridgehead atoms. The molecule has 0 spiro atoms. The van der Waals surface area contributed by atoms with Crippen molar-refractivity contribution in [2.45, 2.75) is 32.6 Å². The molecule has 1 amide bonds. The highest BCUT2D eigenvalue weighted by molar-refractivity contribution is 6.05. The number of anilines is 1. The summed E-state index contributed by atoms with van der Waals surface area (Å²) in [5.41, 5.74) is 4.10. The Labute approximate surface area is 168 Å². The van der Waals surface area contributed by atoms with Gasteiger partial charge in [-0.25, -0.2) is 0 Å². The van der Waals surface area contributed by atoms with Gasteiger partial charge in [-0.3, -0.25) is 14.4 Å². The van der Waals surface area contributed by atoms with Crippen LogP contribution in [0.25, 0.3) is 0 Å². The standard InChI is InChI=1S/C22H21NO6/c1-13(24)17-9-19-20(29-12-28-19)10-18(17)23-21(25)11-27-22(26)8-14-5-6-15-3-2-4-16(15)7-14/h5-7,9-10H,2-4,8,11-12H2,1H3,(H,23,25). The van der Waals surface area contributed by atoms with Gasteiger partial charge in [0.15, 0.2) is 23.9 Å². The molecular formula is C22H21NO6. The van der Waals surface area contributed by atoms with Gasteiger partial charge in [0, 0.05) is 11.6 Å². The van der Waals surface area contributed by atoms with Crippen molar-refractivity contribution in [3.8, 4) is 11.5 Å². The number of ketones is 1. The van der Waals surface area contributed by atoms with Crippen LogP contribution in [0.3, 0.4) is 0 Å². The zero-order valence-corrected chi connectivity index (χ0v) is 16.1. The zero-order chi connectivity index (χ0) is 20.4. The van der Waals surface area contributed by atoms with Gasteiger partial charge in [0.05, 0.1) is 12.1 Å². The van der Waals surface area contributed by atoms with Gasteiger partial charge in [-0.2, -0.15) is 0 Å². The Morgan fingerprint density at radius 1 is 1.03 bits per heavy atom. The number of ether oxygens (including phenoxy) is 3. The summed E-state index contributed by atoms with van der Waals surface area (Å²) in [5.74, 6) is -0.343. The molecule has 29 heavy (non-hydrogen) atoms. The normalized spacial score (nSPS) is 13.7. The third-order valence-electron chi connectivity index (χ3n) is 5.04. The van der Waals surface area contributed by atoms with Crippen molar-refractivity contribution in [1.29, 1.82) is 0 Å². The zero-order valence-electron chi connectivity index (χ0n) is 16.1. The maximum atomic E-state index is 12.2. The van der Waals surface area contributed by atoms with E-state index in [1.54, 1.807) is 0 Å². The Balaban J connectivity index is 1.34. The van der Waals surface area contributed by atoms with E-state index in [-0.39, 0.29) is 19.0 Å². The predicted molar refractivity (Wildman–Crippen MR) is 104 cm³/mol. The summed E-state index contributed by atoms with van der Waals surface area (Å²) in [7, 11) is 0. The van der Waals surface area contributed by atoms with E-state index in [9.17, 15) is 14.4 Å². The lowest BCUT2D eigenvalue weighted by molar-refractivity contribution is -0.146. The molecule has 0 atom stereocenters. The summed E-state index contributed by atoms with van der Waals surface area (Å²) < 4.78 is 15.6. The first-order valence-corrected chi connectivity index (χ1v) is 9.50. The number of carbonyl (C=O) groups is 3. The molecule has 0 fully saturated rings. The van der Waals surface area contributed by atoms with Crippen LogP contribution in [-0.2, 0) is 33.6 Å². The molecule has 1 heterocycles. The number of carbonyl (C=O) groups excluding carboxylic acids is 3. The molecule has 1 aliphatic heterocycles. The average molecular weight is 395 g/mol. The second-order valence-electron chi connectivity index (χ2n) is 7.15. The van der Waals surface area contributed by atoms with Crippen molar-refractivity contribution < 1.29 is 28.6 Å². The summed E-state index contributed by atoms with van der Waals surface area (Å²) in [6.07, 6.45) is 3.38. The monoisotopic (exact) mass is 395 g/mol. The first-order chi connectivity index (χ1) is 14.0. The van der Waals surface area contributed by atoms with E-state index in [0.717, 1.165) is 24.8 Å². The number of amides is 1. The molecule has 150 valence electrons. The van der Waals surface area contributed by atoms with Gasteiger partial charge in [-0.05, 0) is 48.9 Å². The molecule has 4 rings (SSSR count). The average Bonchev–Trinajstić information content (AvgIpc) is 3.33. The molecule has 0 unspecified atom stereocenters. The lowest BCUT2D eigenvalue weighted by Crippen LogP contribution is -2.22. The van der Waals surface area contributed by atoms with Crippen LogP contribution in [0.4, 0.5) is 5.69 Å². The Kier molecular flexibility index (Phi) is 5.20. The molecule has 1 aliphatic carbocycles. The lowest BCUT2D eigenvalue weighted by atomic mass is 10.0. The summed E-state index contributed by atoms with van der Waals surface area (Å²) in [6, 6.07) is 9.08. The van der Waals surface area contributed by atoms with Gasteiger partial charge in [-0.15, -0.1) is 0 Å². The Hall–Kier alpha value is -3.35. The Morgan fingerprint density at radius 3 is 2.59 bits per heavy atom. The van der Waals surface area contributed by atoms with Gasteiger partial charge in [0.1, 0.15) is 0 Å². The van der Waals surface area contributed by atoms with Crippen LogP contribution in [0.2, 0.25) is 0 Å². The minimum atomic E-state index is -0.534. The molecule has 0 saturated heterocycles. The molecule has 0 radical (unpaired) electrons. The number of rotatable bonds is 6. The molecule has 7 nitrogen and oxygen atoms in total. The fourth-order valence-corrected chi connectivity index (χ4v) is 3.62. The van der Waals surface area contributed by atoms with Crippen molar-refractivity contribution in [3.05, 3.63) is 52.6 Å². The molecular weight excluding hydrogens is 374 g/mol. The molecule has 2 aliphatic rings. The number of Topliss-reactive ketones (excluding diaryl/α,β-unsaturated/α-hetero) is 1. The highest BCUT2D eigenvalue weighted by Crippen LogP contribution is 2.37. The van der Waals surface area contributed by atoms with E-state index in [1.165, 1.54) is 30.2 Å². The minimum absolute atomic E-state index is 0.0599. The van der Waals surface area contributed by atoms with Crippen LogP contribution in [-0.4, -0.2) is 31.1 Å². The van der Waals surface area contributed by atoms with E-state index < -0.39 is 18.5 Å². The predicted octanol–water partition coefficient (Wildman–Crippen LogP) is 2.83. The summed E-state index contributed by atoms with van der Waals surface area (Å²) in [5, 5.41) is 2.60. The fourth-order valence-electron chi connectivity index (χ4n) is 3.62. The van der Waals surface area contributed by atoms with Crippen molar-refractivity contribution >= 4 is 23.3 Å². The number of nitrogens with one attached hydrogen (secondary N) is 1. The van der Waals surface area contributed by atoms with Crippen molar-refractivity contribution in [3.63, 3.8) is 0 Å². The van der Waals surface area contributed by atoms with Crippen LogP contribution in [0, 0.1) is 0 Å². The summed E-state index contributed by atoms with van der Waals surface area (Å²) in [4.78, 5) is 36.2. The third kappa shape index (κ3) is 4.23. The fraction of sp³-hybridized carbons (Fsp3) is 0.318. The van der Waals surface area contributed by atoms with Gasteiger partial charge in [0.25, 0.3) is 5.91 Å². The van der Waals surface area contributed by atoms with Gasteiger partial charge < -0.3 is 19.5 Å². The molecule has 0 saturated carbocycles. The van der Waals surface area contributed by atoms with Crippen LogP contribution < -0.4 is 14.8 Å². The largest absolute Gasteiger partial charge is 0.455 e. The number of hydrogen-bond acceptors (Lipinski definition) is 6. The van der Waals surface area contributed by atoms with E-state index in [1.807, 2.05) is 12.1 Å². The number of aryl methyl sites for hydroxylation is 2. The Bertz CT molecular complexity index is 997. The van der Waals surface area contributed by atoms with Crippen molar-refractivity contribution in [2.24, 2.45) is 0 Å². The third-order valence-corrected chi connectivity index (χ3v) is 5.04. The highest BCUT2D eigenvalue weighted by Gasteiger charge is 2.21.